The number of hydrogen-bond donors (Lipinski definition) is 2. The molecule has 0 heterocycles. The van der Waals surface area contributed by atoms with Crippen molar-refractivity contribution in [1.29, 1.82) is 0 Å². The van der Waals surface area contributed by atoms with Gasteiger partial charge in [0.05, 0.1) is 11.6 Å². The van der Waals surface area contributed by atoms with Crippen molar-refractivity contribution in [2.75, 3.05) is 6.61 Å². The van der Waals surface area contributed by atoms with Gasteiger partial charge in [0, 0.05) is 6.42 Å². The molecule has 0 aromatic heterocycles. The second kappa shape index (κ2) is 6.35. The third kappa shape index (κ3) is 4.08. The van der Waals surface area contributed by atoms with E-state index in [9.17, 15) is 4.79 Å². The number of halogens is 1. The molecule has 0 fully saturated rings. The molecule has 0 bridgehead atoms. The van der Waals surface area contributed by atoms with Crippen LogP contribution in [0.25, 0.3) is 0 Å². The summed E-state index contributed by atoms with van der Waals surface area (Å²) in [5, 5.41) is 0.578. The lowest BCUT2D eigenvalue weighted by molar-refractivity contribution is -0.121. The molecule has 0 aliphatic rings. The topological polar surface area (TPSA) is 64.3 Å². The Hall–Kier alpha value is -1.26. The molecule has 1 aromatic carbocycles. The molecule has 5 heteroatoms. The average Bonchev–Trinajstić information content (AvgIpc) is 2.28. The number of rotatable bonds is 5. The highest BCUT2D eigenvalue weighted by Gasteiger charge is 2.02. The summed E-state index contributed by atoms with van der Waals surface area (Å²) in [6.07, 6.45) is 0.952. The van der Waals surface area contributed by atoms with Gasteiger partial charge in [0.2, 0.25) is 5.91 Å². The number of hydrogen-bond acceptors (Lipinski definition) is 3. The second-order valence-corrected chi connectivity index (χ2v) is 3.86. The van der Waals surface area contributed by atoms with Crippen LogP contribution < -0.4 is 16.0 Å². The van der Waals surface area contributed by atoms with Crippen molar-refractivity contribution in [3.05, 3.63) is 28.8 Å². The summed E-state index contributed by atoms with van der Waals surface area (Å²) in [5.41, 5.74) is 3.15. The van der Waals surface area contributed by atoms with Gasteiger partial charge in [-0.1, -0.05) is 17.7 Å². The number of amides is 1. The molecule has 4 nitrogen and oxygen atoms in total. The van der Waals surface area contributed by atoms with Crippen molar-refractivity contribution in [2.24, 2.45) is 5.84 Å². The lowest BCUT2D eigenvalue weighted by Gasteiger charge is -2.08. The summed E-state index contributed by atoms with van der Waals surface area (Å²) in [6.45, 7) is 2.40. The quantitative estimate of drug-likeness (QED) is 0.358. The highest BCUT2D eigenvalue weighted by molar-refractivity contribution is 6.32. The number of carbonyl (C=O) groups excluding carboxylic acids is 1. The summed E-state index contributed by atoms with van der Waals surface area (Å²) in [7, 11) is 0. The monoisotopic (exact) mass is 242 g/mol. The van der Waals surface area contributed by atoms with Gasteiger partial charge in [-0.3, -0.25) is 10.2 Å². The fourth-order valence-electron chi connectivity index (χ4n) is 1.21. The maximum Gasteiger partial charge on any atom is 0.234 e. The first kappa shape index (κ1) is 12.8. The average molecular weight is 243 g/mol. The van der Waals surface area contributed by atoms with Gasteiger partial charge in [-0.25, -0.2) is 5.84 Å². The van der Waals surface area contributed by atoms with E-state index in [4.69, 9.17) is 22.2 Å². The Bertz CT molecular complexity index is 369. The minimum Gasteiger partial charge on any atom is -0.492 e. The molecule has 0 aliphatic carbocycles. The van der Waals surface area contributed by atoms with E-state index >= 15 is 0 Å². The van der Waals surface area contributed by atoms with E-state index in [2.05, 4.69) is 5.43 Å². The van der Waals surface area contributed by atoms with E-state index in [0.29, 0.717) is 30.2 Å². The van der Waals surface area contributed by atoms with Crippen molar-refractivity contribution in [1.82, 2.24) is 5.43 Å². The first-order valence-corrected chi connectivity index (χ1v) is 5.39. The van der Waals surface area contributed by atoms with Crippen LogP contribution in [0.5, 0.6) is 5.75 Å². The minimum absolute atomic E-state index is 0.195. The maximum atomic E-state index is 10.8. The normalized spacial score (nSPS) is 9.94. The Morgan fingerprint density at radius 2 is 2.31 bits per heavy atom. The van der Waals surface area contributed by atoms with E-state index in [1.54, 1.807) is 6.07 Å². The maximum absolute atomic E-state index is 10.8. The first-order valence-electron chi connectivity index (χ1n) is 5.02. The molecule has 0 saturated heterocycles. The summed E-state index contributed by atoms with van der Waals surface area (Å²) < 4.78 is 5.46. The molecule has 0 saturated carbocycles. The Kier molecular flexibility index (Phi) is 5.08. The predicted molar refractivity (Wildman–Crippen MR) is 63.2 cm³/mol. The number of nitrogens with one attached hydrogen (secondary N) is 1. The molecular formula is C11H15ClN2O2. The van der Waals surface area contributed by atoms with Crippen LogP contribution in [-0.4, -0.2) is 12.5 Å². The third-order valence-electron chi connectivity index (χ3n) is 2.05. The van der Waals surface area contributed by atoms with Crippen LogP contribution in [0, 0.1) is 6.92 Å². The molecule has 16 heavy (non-hydrogen) atoms. The van der Waals surface area contributed by atoms with Gasteiger partial charge < -0.3 is 4.74 Å². The Labute approximate surface area is 99.7 Å². The van der Waals surface area contributed by atoms with Gasteiger partial charge in [0.25, 0.3) is 0 Å². The number of ether oxygens (including phenoxy) is 1. The lowest BCUT2D eigenvalue weighted by Crippen LogP contribution is -2.29. The van der Waals surface area contributed by atoms with Gasteiger partial charge in [-0.2, -0.15) is 0 Å². The van der Waals surface area contributed by atoms with Crippen LogP contribution in [0.4, 0.5) is 0 Å². The summed E-state index contributed by atoms with van der Waals surface area (Å²) in [5.74, 6) is 5.40. The van der Waals surface area contributed by atoms with Gasteiger partial charge >= 0.3 is 0 Å². The number of carbonyl (C=O) groups is 1. The summed E-state index contributed by atoms with van der Waals surface area (Å²) in [4.78, 5) is 10.8. The molecule has 0 aliphatic heterocycles. The minimum atomic E-state index is -0.195. The molecule has 0 unspecified atom stereocenters. The van der Waals surface area contributed by atoms with Crippen LogP contribution in [0.2, 0.25) is 5.02 Å². The molecule has 0 atom stereocenters. The number of aryl methyl sites for hydroxylation is 1. The molecule has 1 rings (SSSR count). The molecule has 0 spiro atoms. The Morgan fingerprint density at radius 3 is 3.00 bits per heavy atom. The van der Waals surface area contributed by atoms with Crippen LogP contribution in [-0.2, 0) is 4.79 Å². The molecular weight excluding hydrogens is 228 g/mol. The van der Waals surface area contributed by atoms with E-state index in [1.165, 1.54) is 0 Å². The zero-order valence-corrected chi connectivity index (χ0v) is 9.88. The summed E-state index contributed by atoms with van der Waals surface area (Å²) in [6, 6.07) is 5.57. The van der Waals surface area contributed by atoms with Crippen molar-refractivity contribution in [3.63, 3.8) is 0 Å². The van der Waals surface area contributed by atoms with Crippen molar-refractivity contribution in [2.45, 2.75) is 19.8 Å². The van der Waals surface area contributed by atoms with Crippen LogP contribution >= 0.6 is 11.6 Å². The number of benzene rings is 1. The highest BCUT2D eigenvalue weighted by Crippen LogP contribution is 2.25. The lowest BCUT2D eigenvalue weighted by atomic mass is 10.2. The third-order valence-corrected chi connectivity index (χ3v) is 2.37. The molecule has 3 N–H and O–H groups in total. The zero-order valence-electron chi connectivity index (χ0n) is 9.13. The number of nitrogens with two attached hydrogens (primary N) is 1. The van der Waals surface area contributed by atoms with Gasteiger partial charge in [-0.05, 0) is 31.0 Å². The van der Waals surface area contributed by atoms with Crippen molar-refractivity contribution >= 4 is 17.5 Å². The highest BCUT2D eigenvalue weighted by atomic mass is 35.5. The number of hydrazine groups is 1. The smallest absolute Gasteiger partial charge is 0.234 e. The predicted octanol–water partition coefficient (Wildman–Crippen LogP) is 1.80. The van der Waals surface area contributed by atoms with Gasteiger partial charge in [-0.15, -0.1) is 0 Å². The van der Waals surface area contributed by atoms with E-state index < -0.39 is 0 Å². The zero-order chi connectivity index (χ0) is 12.0. The molecule has 88 valence electrons. The van der Waals surface area contributed by atoms with Gasteiger partial charge in [0.15, 0.2) is 0 Å². The summed E-state index contributed by atoms with van der Waals surface area (Å²) >= 11 is 5.94. The van der Waals surface area contributed by atoms with Crippen molar-refractivity contribution in [3.8, 4) is 5.75 Å². The SMILES string of the molecule is Cc1ccc(Cl)c(OCCCC(=O)NN)c1. The van der Waals surface area contributed by atoms with E-state index in [0.717, 1.165) is 5.56 Å². The van der Waals surface area contributed by atoms with Gasteiger partial charge in [0.1, 0.15) is 5.75 Å². The van der Waals surface area contributed by atoms with Crippen LogP contribution in [0.15, 0.2) is 18.2 Å². The fourth-order valence-corrected chi connectivity index (χ4v) is 1.38. The first-order chi connectivity index (χ1) is 7.63. The molecule has 1 aromatic rings. The van der Waals surface area contributed by atoms with E-state index in [-0.39, 0.29) is 5.91 Å². The Balaban J connectivity index is 2.37. The molecule has 1 amide bonds. The van der Waals surface area contributed by atoms with Crippen molar-refractivity contribution < 1.29 is 9.53 Å². The fraction of sp³-hybridized carbons (Fsp3) is 0.364. The van der Waals surface area contributed by atoms with Crippen LogP contribution in [0.3, 0.4) is 0 Å². The second-order valence-electron chi connectivity index (χ2n) is 3.45. The largest absolute Gasteiger partial charge is 0.492 e. The van der Waals surface area contributed by atoms with Crippen LogP contribution in [0.1, 0.15) is 18.4 Å². The molecule has 0 radical (unpaired) electrons. The Morgan fingerprint density at radius 1 is 1.56 bits per heavy atom. The standard InChI is InChI=1S/C11H15ClN2O2/c1-8-4-5-9(12)10(7-8)16-6-2-3-11(15)14-13/h4-5,7H,2-3,6,13H2,1H3,(H,14,15). The van der Waals surface area contributed by atoms with E-state index in [1.807, 2.05) is 19.1 Å².